The number of nitrogens with one attached hydrogen (secondary N) is 1. The third kappa shape index (κ3) is 4.55. The van der Waals surface area contributed by atoms with Crippen LogP contribution < -0.4 is 11.1 Å². The number of nitrogens with zero attached hydrogens (tertiary/aromatic N) is 2. The van der Waals surface area contributed by atoms with Crippen LogP contribution in [0.15, 0.2) is 48.5 Å². The van der Waals surface area contributed by atoms with Crippen LogP contribution in [-0.2, 0) is 19.2 Å². The first kappa shape index (κ1) is 27.6. The number of rotatable bonds is 11. The lowest BCUT2D eigenvalue weighted by atomic mass is 9.99. The minimum Gasteiger partial charge on any atom is -0.480 e. The standard InChI is InChI=1S/C26H22N4O10/c27-18(31)11-12-26(25(39)40,30-22(35)15-7-3-4-8-16(15)23(30)36)28-19(32)10-9-17(24(37)38)29-20(33)13-5-1-2-6-14(13)21(29)34/h1-8,17H,9-12H2,(H2,27,31)(H,28,32)(H,37,38)(H,39,40)/t17-,26+/m0/s1. The van der Waals surface area contributed by atoms with E-state index in [1.165, 1.54) is 48.5 Å². The van der Waals surface area contributed by atoms with Crippen LogP contribution in [0.3, 0.4) is 0 Å². The van der Waals surface area contributed by atoms with Crippen molar-refractivity contribution in [3.05, 3.63) is 70.8 Å². The van der Waals surface area contributed by atoms with E-state index >= 15 is 0 Å². The molecular formula is C26H22N4O10. The number of carboxylic acids is 2. The van der Waals surface area contributed by atoms with Gasteiger partial charge in [-0.15, -0.1) is 0 Å². The van der Waals surface area contributed by atoms with Gasteiger partial charge in [-0.3, -0.25) is 33.7 Å². The second-order valence-corrected chi connectivity index (χ2v) is 9.09. The molecule has 6 amide bonds. The molecule has 0 aromatic heterocycles. The number of amides is 6. The third-order valence-corrected chi connectivity index (χ3v) is 6.68. The van der Waals surface area contributed by atoms with Crippen LogP contribution in [0.4, 0.5) is 0 Å². The van der Waals surface area contributed by atoms with Crippen LogP contribution in [0, 0.1) is 0 Å². The van der Waals surface area contributed by atoms with Crippen LogP contribution in [0.5, 0.6) is 0 Å². The average molecular weight is 550 g/mol. The van der Waals surface area contributed by atoms with Gasteiger partial charge < -0.3 is 21.3 Å². The van der Waals surface area contributed by atoms with Gasteiger partial charge in [0.05, 0.1) is 22.3 Å². The highest BCUT2D eigenvalue weighted by Gasteiger charge is 2.55. The van der Waals surface area contributed by atoms with Gasteiger partial charge in [-0.2, -0.15) is 0 Å². The Morgan fingerprint density at radius 2 is 1.23 bits per heavy atom. The topological polar surface area (TPSA) is 222 Å². The Bertz CT molecular complexity index is 1430. The number of benzene rings is 2. The smallest absolute Gasteiger partial charge is 0.351 e. The molecule has 0 bridgehead atoms. The molecule has 0 fully saturated rings. The lowest BCUT2D eigenvalue weighted by Crippen LogP contribution is -2.67. The van der Waals surface area contributed by atoms with E-state index in [2.05, 4.69) is 5.32 Å². The van der Waals surface area contributed by atoms with Crippen LogP contribution >= 0.6 is 0 Å². The van der Waals surface area contributed by atoms with Gasteiger partial charge in [-0.1, -0.05) is 24.3 Å². The molecule has 14 heteroatoms. The van der Waals surface area contributed by atoms with E-state index in [1.807, 2.05) is 0 Å². The summed E-state index contributed by atoms with van der Waals surface area (Å²) in [6.07, 6.45) is -2.79. The Morgan fingerprint density at radius 3 is 1.62 bits per heavy atom. The van der Waals surface area contributed by atoms with Crippen LogP contribution in [0.1, 0.15) is 67.1 Å². The molecule has 2 aliphatic heterocycles. The summed E-state index contributed by atoms with van der Waals surface area (Å²) < 4.78 is 0. The molecule has 0 radical (unpaired) electrons. The summed E-state index contributed by atoms with van der Waals surface area (Å²) in [6.45, 7) is 0. The molecule has 2 aromatic carbocycles. The monoisotopic (exact) mass is 550 g/mol. The lowest BCUT2D eigenvalue weighted by Gasteiger charge is -2.37. The first-order valence-electron chi connectivity index (χ1n) is 11.9. The Hall–Kier alpha value is -5.40. The summed E-state index contributed by atoms with van der Waals surface area (Å²) in [6, 6.07) is 9.37. The zero-order valence-electron chi connectivity index (χ0n) is 20.7. The summed E-state index contributed by atoms with van der Waals surface area (Å²) in [5.41, 5.74) is 2.16. The van der Waals surface area contributed by atoms with Crippen molar-refractivity contribution in [2.24, 2.45) is 5.73 Å². The maximum Gasteiger partial charge on any atom is 0.351 e. The molecular weight excluding hydrogens is 528 g/mol. The van der Waals surface area contributed by atoms with Gasteiger partial charge in [-0.05, 0) is 30.7 Å². The van der Waals surface area contributed by atoms with E-state index in [0.29, 0.717) is 9.80 Å². The van der Waals surface area contributed by atoms with E-state index in [0.717, 1.165) is 0 Å². The minimum atomic E-state index is -2.76. The number of nitrogens with two attached hydrogens (primary N) is 1. The van der Waals surface area contributed by atoms with E-state index in [-0.39, 0.29) is 22.3 Å². The van der Waals surface area contributed by atoms with Gasteiger partial charge in [0.15, 0.2) is 0 Å². The zero-order valence-corrected chi connectivity index (χ0v) is 20.7. The van der Waals surface area contributed by atoms with Gasteiger partial charge >= 0.3 is 11.9 Å². The summed E-state index contributed by atoms with van der Waals surface area (Å²) in [4.78, 5) is 102. The SMILES string of the molecule is NC(=O)CC[C@](NC(=O)CC[C@@H](C(=O)O)N1C(=O)c2ccccc2C1=O)(C(=O)O)N1C(=O)c2ccccc2C1=O. The average Bonchev–Trinajstić information content (AvgIpc) is 3.32. The van der Waals surface area contributed by atoms with Crippen LogP contribution in [0.2, 0.25) is 0 Å². The second kappa shape index (κ2) is 10.4. The van der Waals surface area contributed by atoms with Gasteiger partial charge in [-0.25, -0.2) is 14.5 Å². The highest BCUT2D eigenvalue weighted by Crippen LogP contribution is 2.32. The fourth-order valence-corrected chi connectivity index (χ4v) is 4.74. The molecule has 4 rings (SSSR count). The predicted octanol–water partition coefficient (Wildman–Crippen LogP) is -0.0252. The van der Waals surface area contributed by atoms with E-state index in [4.69, 9.17) is 5.73 Å². The Morgan fingerprint density at radius 1 is 0.775 bits per heavy atom. The largest absolute Gasteiger partial charge is 0.480 e. The van der Waals surface area contributed by atoms with E-state index in [9.17, 15) is 48.6 Å². The fourth-order valence-electron chi connectivity index (χ4n) is 4.74. The molecule has 2 aromatic rings. The molecule has 14 nitrogen and oxygen atoms in total. The maximum atomic E-state index is 13.1. The Kier molecular flexibility index (Phi) is 7.18. The summed E-state index contributed by atoms with van der Waals surface area (Å²) in [5, 5.41) is 22.0. The predicted molar refractivity (Wildman–Crippen MR) is 131 cm³/mol. The Balaban J connectivity index is 1.60. The molecule has 0 unspecified atom stereocenters. The highest BCUT2D eigenvalue weighted by molar-refractivity contribution is 6.24. The van der Waals surface area contributed by atoms with Crippen molar-refractivity contribution in [2.75, 3.05) is 0 Å². The number of carboxylic acid groups (broad SMARTS) is 2. The third-order valence-electron chi connectivity index (χ3n) is 6.68. The van der Waals surface area contributed by atoms with Crippen molar-refractivity contribution in [3.8, 4) is 0 Å². The fraction of sp³-hybridized carbons (Fsp3) is 0.231. The summed E-state index contributed by atoms with van der Waals surface area (Å²) in [7, 11) is 0. The molecule has 206 valence electrons. The van der Waals surface area contributed by atoms with Gasteiger partial charge in [0.25, 0.3) is 23.6 Å². The van der Waals surface area contributed by atoms with Crippen LogP contribution in [-0.4, -0.2) is 79.1 Å². The molecule has 0 saturated carbocycles. The molecule has 0 spiro atoms. The number of carbonyl (C=O) groups excluding carboxylic acids is 6. The van der Waals surface area contributed by atoms with Crippen molar-refractivity contribution in [1.29, 1.82) is 0 Å². The molecule has 2 atom stereocenters. The van der Waals surface area contributed by atoms with Crippen molar-refractivity contribution in [3.63, 3.8) is 0 Å². The summed E-state index contributed by atoms with van der Waals surface area (Å²) in [5.74, 6) is -9.39. The number of fused-ring (bicyclic) bond motifs is 2. The molecule has 2 heterocycles. The summed E-state index contributed by atoms with van der Waals surface area (Å²) >= 11 is 0. The highest BCUT2D eigenvalue weighted by atomic mass is 16.4. The first-order chi connectivity index (χ1) is 18.9. The molecule has 40 heavy (non-hydrogen) atoms. The van der Waals surface area contributed by atoms with Crippen molar-refractivity contribution in [1.82, 2.24) is 15.1 Å². The number of aliphatic carboxylic acids is 2. The zero-order chi connectivity index (χ0) is 29.4. The normalized spacial score (nSPS) is 16.3. The molecule has 0 saturated heterocycles. The van der Waals surface area contributed by atoms with Crippen LogP contribution in [0.25, 0.3) is 0 Å². The number of hydrogen-bond acceptors (Lipinski definition) is 8. The van der Waals surface area contributed by atoms with Crippen molar-refractivity contribution < 1.29 is 48.6 Å². The number of imide groups is 2. The Labute approximate surface area is 225 Å². The minimum absolute atomic E-state index is 0.00910. The number of hydrogen-bond donors (Lipinski definition) is 4. The first-order valence-corrected chi connectivity index (χ1v) is 11.9. The van der Waals surface area contributed by atoms with E-state index in [1.54, 1.807) is 0 Å². The number of primary amides is 1. The van der Waals surface area contributed by atoms with Gasteiger partial charge in [0.1, 0.15) is 6.04 Å². The van der Waals surface area contributed by atoms with Gasteiger partial charge in [0.2, 0.25) is 17.5 Å². The molecule has 5 N–H and O–H groups in total. The van der Waals surface area contributed by atoms with E-state index < -0.39 is 84.8 Å². The van der Waals surface area contributed by atoms with Crippen molar-refractivity contribution >= 4 is 47.4 Å². The van der Waals surface area contributed by atoms with Crippen molar-refractivity contribution in [2.45, 2.75) is 37.4 Å². The number of carbonyl (C=O) groups is 8. The molecule has 0 aliphatic carbocycles. The molecule has 2 aliphatic rings. The second-order valence-electron chi connectivity index (χ2n) is 9.09. The maximum absolute atomic E-state index is 13.1. The van der Waals surface area contributed by atoms with Gasteiger partial charge in [0, 0.05) is 19.3 Å². The lowest BCUT2D eigenvalue weighted by molar-refractivity contribution is -0.154. The quantitative estimate of drug-likeness (QED) is 0.274.